The molecule has 0 aliphatic rings. The third-order valence-corrected chi connectivity index (χ3v) is 4.09. The number of aromatic amines is 1. The van der Waals surface area contributed by atoms with Crippen LogP contribution in [0.25, 0.3) is 10.9 Å². The Kier molecular flexibility index (Phi) is 4.91. The Balaban J connectivity index is 1.85. The summed E-state index contributed by atoms with van der Waals surface area (Å²) in [7, 11) is 0. The van der Waals surface area contributed by atoms with Gasteiger partial charge < -0.3 is 10.4 Å². The number of benzene rings is 2. The van der Waals surface area contributed by atoms with Crippen LogP contribution in [0.1, 0.15) is 40.5 Å². The second-order valence-corrected chi connectivity index (χ2v) is 5.92. The van der Waals surface area contributed by atoms with Crippen LogP contribution in [-0.4, -0.2) is 27.8 Å². The number of aromatic nitrogens is 2. The smallest absolute Gasteiger partial charge is 0.272 e. The van der Waals surface area contributed by atoms with Crippen LogP contribution in [0.2, 0.25) is 0 Å². The Morgan fingerprint density at radius 2 is 2.04 bits per heavy atom. The van der Waals surface area contributed by atoms with Gasteiger partial charge in [0, 0.05) is 12.0 Å². The molecule has 124 valence electrons. The van der Waals surface area contributed by atoms with Crippen molar-refractivity contribution in [3.63, 3.8) is 0 Å². The van der Waals surface area contributed by atoms with E-state index in [-0.39, 0.29) is 18.6 Å². The highest BCUT2D eigenvalue weighted by Crippen LogP contribution is 2.21. The van der Waals surface area contributed by atoms with Crippen molar-refractivity contribution in [2.24, 2.45) is 0 Å². The average Bonchev–Trinajstić information content (AvgIpc) is 3.02. The first-order valence-corrected chi connectivity index (χ1v) is 8.10. The predicted octanol–water partition coefficient (Wildman–Crippen LogP) is 3.11. The molecule has 1 amide bonds. The summed E-state index contributed by atoms with van der Waals surface area (Å²) in [4.78, 5) is 12.7. The number of aliphatic hydroxyl groups excluding tert-OH is 1. The van der Waals surface area contributed by atoms with Gasteiger partial charge in [-0.15, -0.1) is 0 Å². The van der Waals surface area contributed by atoms with Gasteiger partial charge in [-0.1, -0.05) is 42.0 Å². The molecule has 3 rings (SSSR count). The Morgan fingerprint density at radius 3 is 2.79 bits per heavy atom. The van der Waals surface area contributed by atoms with E-state index < -0.39 is 0 Å². The lowest BCUT2D eigenvalue weighted by Crippen LogP contribution is -2.29. The lowest BCUT2D eigenvalue weighted by Gasteiger charge is -2.18. The number of fused-ring (bicyclic) bond motifs is 1. The summed E-state index contributed by atoms with van der Waals surface area (Å²) in [6.07, 6.45) is 1.30. The number of rotatable bonds is 6. The van der Waals surface area contributed by atoms with Gasteiger partial charge in [-0.2, -0.15) is 5.10 Å². The summed E-state index contributed by atoms with van der Waals surface area (Å²) in [6, 6.07) is 15.5. The van der Waals surface area contributed by atoms with Gasteiger partial charge in [0.05, 0.1) is 11.6 Å². The number of carbonyl (C=O) groups excluding carboxylic acids is 1. The molecule has 1 atom stereocenters. The van der Waals surface area contributed by atoms with Gasteiger partial charge >= 0.3 is 0 Å². The van der Waals surface area contributed by atoms with Crippen molar-refractivity contribution in [1.29, 1.82) is 0 Å². The molecule has 0 radical (unpaired) electrons. The first kappa shape index (κ1) is 16.2. The highest BCUT2D eigenvalue weighted by atomic mass is 16.3. The van der Waals surface area contributed by atoms with Crippen molar-refractivity contribution in [2.75, 3.05) is 6.61 Å². The minimum atomic E-state index is -0.210. The lowest BCUT2D eigenvalue weighted by atomic mass is 10.0. The van der Waals surface area contributed by atoms with Crippen LogP contribution >= 0.6 is 0 Å². The van der Waals surface area contributed by atoms with Gasteiger partial charge in [-0.3, -0.25) is 9.89 Å². The molecule has 1 heterocycles. The van der Waals surface area contributed by atoms with E-state index in [9.17, 15) is 4.79 Å². The molecule has 1 unspecified atom stereocenters. The third-order valence-electron chi connectivity index (χ3n) is 4.09. The summed E-state index contributed by atoms with van der Waals surface area (Å²) in [5, 5.41) is 20.1. The molecule has 0 saturated carbocycles. The lowest BCUT2D eigenvalue weighted by molar-refractivity contribution is 0.0929. The van der Waals surface area contributed by atoms with Gasteiger partial charge in [-0.25, -0.2) is 0 Å². The minimum Gasteiger partial charge on any atom is -0.396 e. The van der Waals surface area contributed by atoms with E-state index in [4.69, 9.17) is 5.11 Å². The van der Waals surface area contributed by atoms with Gasteiger partial charge in [0.1, 0.15) is 0 Å². The van der Waals surface area contributed by atoms with Gasteiger partial charge in [0.2, 0.25) is 0 Å². The summed E-state index contributed by atoms with van der Waals surface area (Å²) in [5.41, 5.74) is 3.35. The number of nitrogens with one attached hydrogen (secondary N) is 2. The monoisotopic (exact) mass is 323 g/mol. The van der Waals surface area contributed by atoms with Crippen molar-refractivity contribution in [1.82, 2.24) is 15.5 Å². The van der Waals surface area contributed by atoms with Gasteiger partial charge in [0.25, 0.3) is 5.91 Å². The fraction of sp³-hybridized carbons (Fsp3) is 0.263. The Hall–Kier alpha value is -2.66. The largest absolute Gasteiger partial charge is 0.396 e. The van der Waals surface area contributed by atoms with Crippen LogP contribution in [0.15, 0.2) is 48.5 Å². The van der Waals surface area contributed by atoms with E-state index in [2.05, 4.69) is 15.5 Å². The summed E-state index contributed by atoms with van der Waals surface area (Å²) < 4.78 is 0. The Labute approximate surface area is 140 Å². The highest BCUT2D eigenvalue weighted by Gasteiger charge is 2.19. The second kappa shape index (κ2) is 7.27. The fourth-order valence-corrected chi connectivity index (χ4v) is 2.83. The van der Waals surface area contributed by atoms with E-state index in [1.54, 1.807) is 0 Å². The molecular formula is C19H21N3O2. The van der Waals surface area contributed by atoms with Crippen LogP contribution < -0.4 is 5.32 Å². The predicted molar refractivity (Wildman–Crippen MR) is 93.8 cm³/mol. The van der Waals surface area contributed by atoms with E-state index in [0.29, 0.717) is 18.5 Å². The number of amides is 1. The molecule has 3 aromatic rings. The molecule has 0 aliphatic heterocycles. The third kappa shape index (κ3) is 3.46. The molecule has 3 N–H and O–H groups in total. The van der Waals surface area contributed by atoms with E-state index in [0.717, 1.165) is 22.0 Å². The maximum absolute atomic E-state index is 12.7. The van der Waals surface area contributed by atoms with Crippen molar-refractivity contribution >= 4 is 16.8 Å². The summed E-state index contributed by atoms with van der Waals surface area (Å²) >= 11 is 0. The van der Waals surface area contributed by atoms with Crippen LogP contribution in [0, 0.1) is 6.92 Å². The first-order chi connectivity index (χ1) is 11.7. The van der Waals surface area contributed by atoms with Gasteiger partial charge in [-0.05, 0) is 37.5 Å². The molecule has 0 spiro atoms. The zero-order valence-electron chi connectivity index (χ0n) is 13.6. The number of nitrogens with zero attached hydrogens (tertiary/aromatic N) is 1. The summed E-state index contributed by atoms with van der Waals surface area (Å²) in [6.45, 7) is 2.09. The van der Waals surface area contributed by atoms with Crippen LogP contribution in [0.4, 0.5) is 0 Å². The van der Waals surface area contributed by atoms with Crippen LogP contribution in [0.5, 0.6) is 0 Å². The zero-order chi connectivity index (χ0) is 16.9. The second-order valence-electron chi connectivity index (χ2n) is 5.92. The number of aryl methyl sites for hydroxylation is 1. The van der Waals surface area contributed by atoms with Crippen LogP contribution in [0.3, 0.4) is 0 Å². The molecule has 1 aromatic heterocycles. The molecule has 0 aliphatic carbocycles. The number of H-pyrrole nitrogens is 1. The van der Waals surface area contributed by atoms with Crippen molar-refractivity contribution in [2.45, 2.75) is 25.8 Å². The number of carbonyl (C=O) groups is 1. The van der Waals surface area contributed by atoms with E-state index >= 15 is 0 Å². The standard InChI is InChI=1S/C19H21N3O2/c1-13-9-10-17-15(12-13)18(22-21-17)19(24)20-16(8-5-11-23)14-6-3-2-4-7-14/h2-4,6-7,9-10,12,16,23H,5,8,11H2,1H3,(H,20,24)(H,21,22). The first-order valence-electron chi connectivity index (χ1n) is 8.10. The average molecular weight is 323 g/mol. The molecule has 5 nitrogen and oxygen atoms in total. The Morgan fingerprint density at radius 1 is 1.25 bits per heavy atom. The van der Waals surface area contributed by atoms with E-state index in [1.807, 2.05) is 55.5 Å². The number of hydrogen-bond acceptors (Lipinski definition) is 3. The highest BCUT2D eigenvalue weighted by molar-refractivity contribution is 6.04. The summed E-state index contributed by atoms with van der Waals surface area (Å²) in [5.74, 6) is -0.210. The molecule has 2 aromatic carbocycles. The molecule has 0 fully saturated rings. The molecule has 24 heavy (non-hydrogen) atoms. The maximum atomic E-state index is 12.7. The quantitative estimate of drug-likeness (QED) is 0.652. The number of hydrogen-bond donors (Lipinski definition) is 3. The topological polar surface area (TPSA) is 78.0 Å². The zero-order valence-corrected chi connectivity index (χ0v) is 13.6. The molecular weight excluding hydrogens is 302 g/mol. The maximum Gasteiger partial charge on any atom is 0.272 e. The minimum absolute atomic E-state index is 0.101. The molecule has 0 bridgehead atoms. The fourth-order valence-electron chi connectivity index (χ4n) is 2.83. The normalized spacial score (nSPS) is 12.2. The van der Waals surface area contributed by atoms with Crippen molar-refractivity contribution < 1.29 is 9.90 Å². The molecule has 0 saturated heterocycles. The SMILES string of the molecule is Cc1ccc2[nH]nc(C(=O)NC(CCCO)c3ccccc3)c2c1. The van der Waals surface area contributed by atoms with Crippen LogP contribution in [-0.2, 0) is 0 Å². The molecule has 5 heteroatoms. The van der Waals surface area contributed by atoms with Crippen molar-refractivity contribution in [3.05, 3.63) is 65.4 Å². The number of aliphatic hydroxyl groups is 1. The van der Waals surface area contributed by atoms with Gasteiger partial charge in [0.15, 0.2) is 5.69 Å². The Bertz CT molecular complexity index is 827. The van der Waals surface area contributed by atoms with E-state index in [1.165, 1.54) is 0 Å². The van der Waals surface area contributed by atoms with Crippen molar-refractivity contribution in [3.8, 4) is 0 Å².